The highest BCUT2D eigenvalue weighted by Gasteiger charge is 2.26. The molecule has 3 N–H and O–H groups in total. The molecule has 0 fully saturated rings. The van der Waals surface area contributed by atoms with E-state index in [4.69, 9.17) is 15.2 Å². The fourth-order valence-corrected chi connectivity index (χ4v) is 4.80. The number of rotatable bonds is 9. The molecule has 0 aliphatic heterocycles. The lowest BCUT2D eigenvalue weighted by atomic mass is 9.94. The van der Waals surface area contributed by atoms with E-state index >= 15 is 0 Å². The zero-order chi connectivity index (χ0) is 27.1. The van der Waals surface area contributed by atoms with Gasteiger partial charge in [0.2, 0.25) is 5.91 Å². The summed E-state index contributed by atoms with van der Waals surface area (Å²) >= 11 is 1.14. The summed E-state index contributed by atoms with van der Waals surface area (Å²) in [6.45, 7) is 6.05. The molecule has 0 bridgehead atoms. The Labute approximate surface area is 221 Å². The SMILES string of the molecule is CCC(Sc1nc(N)c(C#N)c(-c2ccc(C(C)C)cc2)c1C#N)C(=O)Nc1ccc(OC)cc1OC. The predicted octanol–water partition coefficient (Wildman–Crippen LogP) is 5.72. The second-order valence-corrected chi connectivity index (χ2v) is 9.69. The van der Waals surface area contributed by atoms with E-state index in [1.165, 1.54) is 7.11 Å². The van der Waals surface area contributed by atoms with Crippen molar-refractivity contribution in [3.63, 3.8) is 0 Å². The van der Waals surface area contributed by atoms with Crippen molar-refractivity contribution in [2.75, 3.05) is 25.3 Å². The van der Waals surface area contributed by atoms with Crippen LogP contribution in [0, 0.1) is 22.7 Å². The molecule has 2 aromatic carbocycles. The molecule has 3 aromatic rings. The first-order chi connectivity index (χ1) is 17.8. The molecule has 0 saturated carbocycles. The van der Waals surface area contributed by atoms with Crippen LogP contribution in [-0.2, 0) is 4.79 Å². The molecule has 9 heteroatoms. The topological polar surface area (TPSA) is 134 Å². The van der Waals surface area contributed by atoms with Crippen molar-refractivity contribution in [1.82, 2.24) is 4.98 Å². The third-order valence-electron chi connectivity index (χ3n) is 5.87. The Morgan fingerprint density at radius 2 is 1.76 bits per heavy atom. The van der Waals surface area contributed by atoms with Crippen molar-refractivity contribution < 1.29 is 14.3 Å². The molecule has 37 heavy (non-hydrogen) atoms. The summed E-state index contributed by atoms with van der Waals surface area (Å²) < 4.78 is 10.6. The van der Waals surface area contributed by atoms with Gasteiger partial charge in [-0.15, -0.1) is 0 Å². The predicted molar refractivity (Wildman–Crippen MR) is 146 cm³/mol. The summed E-state index contributed by atoms with van der Waals surface area (Å²) in [5.74, 6) is 1.12. The number of thioether (sulfide) groups is 1. The average molecular weight is 516 g/mol. The Morgan fingerprint density at radius 3 is 2.30 bits per heavy atom. The normalized spacial score (nSPS) is 11.4. The smallest absolute Gasteiger partial charge is 0.238 e. The van der Waals surface area contributed by atoms with Crippen molar-refractivity contribution in [3.8, 4) is 34.8 Å². The number of amides is 1. The molecule has 1 atom stereocenters. The first-order valence-corrected chi connectivity index (χ1v) is 12.6. The van der Waals surface area contributed by atoms with E-state index in [1.54, 1.807) is 25.3 Å². The number of ether oxygens (including phenoxy) is 2. The first kappa shape index (κ1) is 27.4. The summed E-state index contributed by atoms with van der Waals surface area (Å²) in [6, 6.07) is 17.1. The maximum absolute atomic E-state index is 13.2. The first-order valence-electron chi connectivity index (χ1n) is 11.7. The lowest BCUT2D eigenvalue weighted by molar-refractivity contribution is -0.115. The molecular weight excluding hydrogens is 486 g/mol. The third kappa shape index (κ3) is 5.96. The lowest BCUT2D eigenvalue weighted by Crippen LogP contribution is -2.25. The largest absolute Gasteiger partial charge is 0.497 e. The van der Waals surface area contributed by atoms with E-state index in [9.17, 15) is 15.3 Å². The fourth-order valence-electron chi connectivity index (χ4n) is 3.78. The minimum Gasteiger partial charge on any atom is -0.497 e. The van der Waals surface area contributed by atoms with Crippen molar-refractivity contribution in [2.24, 2.45) is 0 Å². The van der Waals surface area contributed by atoms with Crippen LogP contribution < -0.4 is 20.5 Å². The van der Waals surface area contributed by atoms with Crippen LogP contribution in [0.25, 0.3) is 11.1 Å². The summed E-state index contributed by atoms with van der Waals surface area (Å²) in [7, 11) is 3.06. The second kappa shape index (κ2) is 12.2. The number of nitrogens with zero attached hydrogens (tertiary/aromatic N) is 3. The Kier molecular flexibility index (Phi) is 9.00. The van der Waals surface area contributed by atoms with Gasteiger partial charge in [-0.3, -0.25) is 4.79 Å². The number of nitrogens with two attached hydrogens (primary N) is 1. The Balaban J connectivity index is 2.00. The number of nitriles is 2. The van der Waals surface area contributed by atoms with E-state index in [-0.39, 0.29) is 22.9 Å². The van der Waals surface area contributed by atoms with Crippen molar-refractivity contribution in [3.05, 3.63) is 59.2 Å². The molecule has 1 aromatic heterocycles. The molecule has 8 nitrogen and oxygen atoms in total. The van der Waals surface area contributed by atoms with Crippen LogP contribution in [-0.4, -0.2) is 30.4 Å². The van der Waals surface area contributed by atoms with Crippen LogP contribution in [0.5, 0.6) is 11.5 Å². The number of hydrogen-bond acceptors (Lipinski definition) is 8. The summed E-state index contributed by atoms with van der Waals surface area (Å²) in [5, 5.41) is 22.5. The van der Waals surface area contributed by atoms with Gasteiger partial charge < -0.3 is 20.5 Å². The molecule has 190 valence electrons. The van der Waals surface area contributed by atoms with Gasteiger partial charge in [0.15, 0.2) is 0 Å². The molecule has 0 saturated heterocycles. The van der Waals surface area contributed by atoms with E-state index in [0.29, 0.717) is 45.7 Å². The zero-order valence-electron chi connectivity index (χ0n) is 21.5. The average Bonchev–Trinajstić information content (AvgIpc) is 2.91. The number of anilines is 2. The van der Waals surface area contributed by atoms with Crippen LogP contribution in [0.4, 0.5) is 11.5 Å². The van der Waals surface area contributed by atoms with Gasteiger partial charge >= 0.3 is 0 Å². The van der Waals surface area contributed by atoms with Gasteiger partial charge in [-0.1, -0.05) is 56.8 Å². The number of pyridine rings is 1. The van der Waals surface area contributed by atoms with Crippen LogP contribution in [0.2, 0.25) is 0 Å². The van der Waals surface area contributed by atoms with Crippen molar-refractivity contribution >= 4 is 29.2 Å². The molecule has 0 radical (unpaired) electrons. The number of aromatic nitrogens is 1. The highest BCUT2D eigenvalue weighted by Crippen LogP contribution is 2.38. The molecule has 0 aliphatic carbocycles. The van der Waals surface area contributed by atoms with Crippen LogP contribution >= 0.6 is 11.8 Å². The Morgan fingerprint density at radius 1 is 1.08 bits per heavy atom. The van der Waals surface area contributed by atoms with Crippen molar-refractivity contribution in [1.29, 1.82) is 10.5 Å². The van der Waals surface area contributed by atoms with Crippen molar-refractivity contribution in [2.45, 2.75) is 43.4 Å². The maximum Gasteiger partial charge on any atom is 0.238 e. The molecule has 3 rings (SSSR count). The van der Waals surface area contributed by atoms with Gasteiger partial charge in [-0.2, -0.15) is 10.5 Å². The zero-order valence-corrected chi connectivity index (χ0v) is 22.3. The summed E-state index contributed by atoms with van der Waals surface area (Å²) in [5.41, 5.74) is 9.25. The number of carbonyl (C=O) groups is 1. The number of benzene rings is 2. The Bertz CT molecular complexity index is 1370. The Hall–Kier alpha value is -4.21. The molecule has 1 unspecified atom stereocenters. The maximum atomic E-state index is 13.2. The number of methoxy groups -OCH3 is 2. The molecule has 1 amide bonds. The van der Waals surface area contributed by atoms with E-state index in [0.717, 1.165) is 17.3 Å². The number of nitrogen functional groups attached to an aromatic ring is 1. The highest BCUT2D eigenvalue weighted by atomic mass is 32.2. The lowest BCUT2D eigenvalue weighted by Gasteiger charge is -2.19. The quantitative estimate of drug-likeness (QED) is 0.345. The second-order valence-electron chi connectivity index (χ2n) is 8.50. The number of nitrogens with one attached hydrogen (secondary N) is 1. The number of carbonyl (C=O) groups excluding carboxylic acids is 1. The standard InChI is InChI=1S/C28H29N5O3S/c1-6-24(27(34)32-22-12-11-19(35-4)13-23(22)36-5)37-28-21(15-30)25(20(14-29)26(31)33-28)18-9-7-17(8-10-18)16(2)3/h7-13,16,24H,6H2,1-5H3,(H2,31,33)(H,32,34). The van der Waals surface area contributed by atoms with Gasteiger partial charge in [-0.25, -0.2) is 4.98 Å². The fraction of sp³-hybridized carbons (Fsp3) is 0.286. The monoisotopic (exact) mass is 515 g/mol. The highest BCUT2D eigenvalue weighted by molar-refractivity contribution is 8.00. The van der Waals surface area contributed by atoms with Gasteiger partial charge in [-0.05, 0) is 35.6 Å². The van der Waals surface area contributed by atoms with Crippen LogP contribution in [0.1, 0.15) is 49.8 Å². The van der Waals surface area contributed by atoms with Crippen LogP contribution in [0.3, 0.4) is 0 Å². The third-order valence-corrected chi connectivity index (χ3v) is 7.22. The van der Waals surface area contributed by atoms with Gasteiger partial charge in [0.05, 0.1) is 30.7 Å². The minimum absolute atomic E-state index is 0.0130. The number of hydrogen-bond donors (Lipinski definition) is 2. The molecule has 0 spiro atoms. The van der Waals surface area contributed by atoms with E-state index < -0.39 is 5.25 Å². The van der Waals surface area contributed by atoms with E-state index in [2.05, 4.69) is 36.3 Å². The summed E-state index contributed by atoms with van der Waals surface area (Å²) in [4.78, 5) is 17.6. The molecular formula is C28H29N5O3S. The van der Waals surface area contributed by atoms with Gasteiger partial charge in [0.1, 0.15) is 40.0 Å². The van der Waals surface area contributed by atoms with E-state index in [1.807, 2.05) is 31.2 Å². The minimum atomic E-state index is -0.588. The van der Waals surface area contributed by atoms with Gasteiger partial charge in [0.25, 0.3) is 0 Å². The summed E-state index contributed by atoms with van der Waals surface area (Å²) in [6.07, 6.45) is 0.458. The van der Waals surface area contributed by atoms with Gasteiger partial charge in [0, 0.05) is 11.6 Å². The molecule has 0 aliphatic rings. The van der Waals surface area contributed by atoms with Crippen LogP contribution in [0.15, 0.2) is 47.5 Å². The molecule has 1 heterocycles.